The fraction of sp³-hybridized carbons (Fsp3) is 0.933. The predicted molar refractivity (Wildman–Crippen MR) is 78.1 cm³/mol. The Morgan fingerprint density at radius 1 is 1.53 bits per heavy atom. The van der Waals surface area contributed by atoms with E-state index in [1.807, 2.05) is 0 Å². The van der Waals surface area contributed by atoms with E-state index in [-0.39, 0.29) is 5.91 Å². The van der Waals surface area contributed by atoms with Crippen molar-refractivity contribution < 1.29 is 9.53 Å². The van der Waals surface area contributed by atoms with Gasteiger partial charge in [-0.25, -0.2) is 0 Å². The molecule has 19 heavy (non-hydrogen) atoms. The molecule has 0 bridgehead atoms. The lowest BCUT2D eigenvalue weighted by atomic mass is 9.98. The second kappa shape index (κ2) is 9.32. The van der Waals surface area contributed by atoms with Gasteiger partial charge in [0.2, 0.25) is 5.91 Å². The summed E-state index contributed by atoms with van der Waals surface area (Å²) in [5.74, 6) is 1.22. The van der Waals surface area contributed by atoms with Gasteiger partial charge in [-0.3, -0.25) is 4.79 Å². The van der Waals surface area contributed by atoms with Crippen LogP contribution in [0, 0.1) is 11.8 Å². The summed E-state index contributed by atoms with van der Waals surface area (Å²) in [6, 6.07) is 0. The van der Waals surface area contributed by atoms with Crippen molar-refractivity contribution in [1.29, 1.82) is 0 Å². The Balaban J connectivity index is 2.42. The fourth-order valence-corrected chi connectivity index (χ4v) is 2.75. The Morgan fingerprint density at radius 2 is 2.32 bits per heavy atom. The molecule has 2 atom stereocenters. The third-order valence-corrected chi connectivity index (χ3v) is 3.70. The molecular formula is C15H30N2O2. The zero-order chi connectivity index (χ0) is 14.1. The lowest BCUT2D eigenvalue weighted by molar-refractivity contribution is -0.133. The molecule has 1 heterocycles. The van der Waals surface area contributed by atoms with Gasteiger partial charge in [-0.15, -0.1) is 0 Å². The quantitative estimate of drug-likeness (QED) is 0.732. The van der Waals surface area contributed by atoms with Gasteiger partial charge in [0.25, 0.3) is 0 Å². The van der Waals surface area contributed by atoms with Crippen LogP contribution in [0.15, 0.2) is 0 Å². The normalized spacial score (nSPS) is 21.1. The van der Waals surface area contributed by atoms with E-state index in [1.54, 1.807) is 7.11 Å². The Bertz CT molecular complexity index is 253. The largest absolute Gasteiger partial charge is 0.384 e. The molecule has 112 valence electrons. The Labute approximate surface area is 117 Å². The van der Waals surface area contributed by atoms with Crippen LogP contribution in [0.3, 0.4) is 0 Å². The van der Waals surface area contributed by atoms with Gasteiger partial charge in [0.05, 0.1) is 0 Å². The zero-order valence-electron chi connectivity index (χ0n) is 12.8. The molecule has 0 aliphatic carbocycles. The van der Waals surface area contributed by atoms with Crippen molar-refractivity contribution in [3.8, 4) is 0 Å². The second-order valence-corrected chi connectivity index (χ2v) is 5.82. The van der Waals surface area contributed by atoms with E-state index in [0.717, 1.165) is 32.6 Å². The Hall–Kier alpha value is -0.610. The number of ether oxygens (including phenoxy) is 1. The molecule has 1 amide bonds. The van der Waals surface area contributed by atoms with E-state index in [2.05, 4.69) is 24.1 Å². The van der Waals surface area contributed by atoms with Crippen molar-refractivity contribution in [2.24, 2.45) is 11.8 Å². The molecule has 1 aliphatic rings. The number of nitrogens with one attached hydrogen (secondary N) is 1. The van der Waals surface area contributed by atoms with Crippen molar-refractivity contribution in [3.05, 3.63) is 0 Å². The first kappa shape index (κ1) is 16.4. The van der Waals surface area contributed by atoms with E-state index in [0.29, 0.717) is 24.9 Å². The topological polar surface area (TPSA) is 41.6 Å². The highest BCUT2D eigenvalue weighted by Crippen LogP contribution is 2.14. The zero-order valence-corrected chi connectivity index (χ0v) is 12.8. The van der Waals surface area contributed by atoms with Crippen molar-refractivity contribution >= 4 is 5.91 Å². The Morgan fingerprint density at radius 3 is 2.89 bits per heavy atom. The third kappa shape index (κ3) is 6.39. The summed E-state index contributed by atoms with van der Waals surface area (Å²) < 4.78 is 5.11. The van der Waals surface area contributed by atoms with Gasteiger partial charge < -0.3 is 15.0 Å². The standard InChI is InChI=1S/C15H30N2O2/c1-4-8-17(11-14-6-5-7-16-10-14)15(18)9-13(2)12-19-3/h13-14,16H,4-12H2,1-3H3. The van der Waals surface area contributed by atoms with Crippen LogP contribution in [-0.2, 0) is 9.53 Å². The molecule has 1 N–H and O–H groups in total. The molecule has 0 aromatic rings. The van der Waals surface area contributed by atoms with Gasteiger partial charge in [-0.1, -0.05) is 13.8 Å². The number of piperidine rings is 1. The summed E-state index contributed by atoms with van der Waals surface area (Å²) in [5.41, 5.74) is 0. The van der Waals surface area contributed by atoms with E-state index in [9.17, 15) is 4.79 Å². The summed E-state index contributed by atoms with van der Waals surface area (Å²) in [7, 11) is 1.69. The molecule has 4 heteroatoms. The molecule has 0 aromatic carbocycles. The van der Waals surface area contributed by atoms with Crippen LogP contribution in [0.4, 0.5) is 0 Å². The van der Waals surface area contributed by atoms with Crippen LogP contribution in [0.1, 0.15) is 39.5 Å². The highest BCUT2D eigenvalue weighted by Gasteiger charge is 2.21. The molecule has 0 saturated carbocycles. The van der Waals surface area contributed by atoms with E-state index >= 15 is 0 Å². The average molecular weight is 270 g/mol. The van der Waals surface area contributed by atoms with E-state index in [4.69, 9.17) is 4.74 Å². The first-order valence-corrected chi connectivity index (χ1v) is 7.64. The third-order valence-electron chi connectivity index (χ3n) is 3.70. The maximum Gasteiger partial charge on any atom is 0.222 e. The molecule has 1 rings (SSSR count). The predicted octanol–water partition coefficient (Wildman–Crippen LogP) is 1.90. The number of nitrogens with zero attached hydrogens (tertiary/aromatic N) is 1. The minimum atomic E-state index is 0.289. The number of hydrogen-bond acceptors (Lipinski definition) is 3. The van der Waals surface area contributed by atoms with Crippen molar-refractivity contribution in [2.45, 2.75) is 39.5 Å². The minimum absolute atomic E-state index is 0.289. The highest BCUT2D eigenvalue weighted by molar-refractivity contribution is 5.76. The summed E-state index contributed by atoms with van der Waals surface area (Å²) in [5, 5.41) is 3.42. The first-order chi connectivity index (χ1) is 9.17. The summed E-state index contributed by atoms with van der Waals surface area (Å²) in [6.45, 7) is 8.86. The van der Waals surface area contributed by atoms with Crippen molar-refractivity contribution in [3.63, 3.8) is 0 Å². The van der Waals surface area contributed by atoms with Crippen molar-refractivity contribution in [1.82, 2.24) is 10.2 Å². The second-order valence-electron chi connectivity index (χ2n) is 5.82. The number of carbonyl (C=O) groups excluding carboxylic acids is 1. The summed E-state index contributed by atoms with van der Waals surface area (Å²) >= 11 is 0. The number of amides is 1. The highest BCUT2D eigenvalue weighted by atomic mass is 16.5. The van der Waals surface area contributed by atoms with Crippen LogP contribution in [0.2, 0.25) is 0 Å². The molecule has 1 saturated heterocycles. The van der Waals surface area contributed by atoms with Crippen molar-refractivity contribution in [2.75, 3.05) is 39.9 Å². The van der Waals surface area contributed by atoms with Crippen LogP contribution in [-0.4, -0.2) is 50.7 Å². The molecule has 2 unspecified atom stereocenters. The van der Waals surface area contributed by atoms with Gasteiger partial charge >= 0.3 is 0 Å². The van der Waals surface area contributed by atoms with Gasteiger partial charge in [0.15, 0.2) is 0 Å². The average Bonchev–Trinajstić information content (AvgIpc) is 2.39. The number of methoxy groups -OCH3 is 1. The van der Waals surface area contributed by atoms with Gasteiger partial charge in [0.1, 0.15) is 0 Å². The molecule has 1 fully saturated rings. The smallest absolute Gasteiger partial charge is 0.222 e. The molecule has 0 radical (unpaired) electrons. The number of carbonyl (C=O) groups is 1. The van der Waals surface area contributed by atoms with Crippen LogP contribution < -0.4 is 5.32 Å². The lowest BCUT2D eigenvalue weighted by Crippen LogP contribution is -2.42. The molecule has 4 nitrogen and oxygen atoms in total. The van der Waals surface area contributed by atoms with Gasteiger partial charge in [-0.05, 0) is 44.2 Å². The maximum atomic E-state index is 12.3. The summed E-state index contributed by atoms with van der Waals surface area (Å²) in [4.78, 5) is 14.4. The molecule has 0 aromatic heterocycles. The van der Waals surface area contributed by atoms with Crippen LogP contribution in [0.25, 0.3) is 0 Å². The summed E-state index contributed by atoms with van der Waals surface area (Å²) in [6.07, 6.45) is 4.12. The van der Waals surface area contributed by atoms with Gasteiger partial charge in [-0.2, -0.15) is 0 Å². The van der Waals surface area contributed by atoms with Crippen LogP contribution in [0.5, 0.6) is 0 Å². The Kier molecular flexibility index (Phi) is 8.07. The number of rotatable bonds is 8. The SMILES string of the molecule is CCCN(CC1CCCNC1)C(=O)CC(C)COC. The van der Waals surface area contributed by atoms with Crippen LogP contribution >= 0.6 is 0 Å². The fourth-order valence-electron chi connectivity index (χ4n) is 2.75. The van der Waals surface area contributed by atoms with E-state index in [1.165, 1.54) is 12.8 Å². The minimum Gasteiger partial charge on any atom is -0.384 e. The lowest BCUT2D eigenvalue weighted by Gasteiger charge is -2.30. The van der Waals surface area contributed by atoms with E-state index < -0.39 is 0 Å². The van der Waals surface area contributed by atoms with Gasteiger partial charge in [0, 0.05) is 33.2 Å². The molecular weight excluding hydrogens is 240 g/mol. The first-order valence-electron chi connectivity index (χ1n) is 7.64. The monoisotopic (exact) mass is 270 g/mol. The molecule has 1 aliphatic heterocycles. The molecule has 0 spiro atoms. The maximum absolute atomic E-state index is 12.3. The number of hydrogen-bond donors (Lipinski definition) is 1.